The third-order valence-electron chi connectivity index (χ3n) is 5.53. The standard InChI is InChI=1S/C18H24N2O2/c1-13-6-7-16-15(10-13)18(12-22-16)8-9-20(11-18)17(21)19-14-4-2-3-5-14/h6-7,10,14H,2-5,8-9,11-12H2,1H3,(H,19,21). The van der Waals surface area contributed by atoms with E-state index in [-0.39, 0.29) is 11.4 Å². The van der Waals surface area contributed by atoms with E-state index >= 15 is 0 Å². The van der Waals surface area contributed by atoms with E-state index in [9.17, 15) is 4.79 Å². The SMILES string of the molecule is Cc1ccc2c(c1)C1(CCN(C(=O)NC3CCCC3)C1)CO2. The number of likely N-dealkylation sites (tertiary alicyclic amines) is 1. The number of nitrogens with zero attached hydrogens (tertiary/aromatic N) is 1. The van der Waals surface area contributed by atoms with Crippen molar-refractivity contribution in [3.63, 3.8) is 0 Å². The fourth-order valence-electron chi connectivity index (χ4n) is 4.20. The Morgan fingerprint density at radius 2 is 2.18 bits per heavy atom. The second kappa shape index (κ2) is 5.18. The molecule has 2 amide bonds. The number of benzene rings is 1. The summed E-state index contributed by atoms with van der Waals surface area (Å²) < 4.78 is 5.89. The van der Waals surface area contributed by atoms with Gasteiger partial charge in [0.15, 0.2) is 0 Å². The highest BCUT2D eigenvalue weighted by Crippen LogP contribution is 2.45. The van der Waals surface area contributed by atoms with Crippen LogP contribution < -0.4 is 10.1 Å². The number of fused-ring (bicyclic) bond motifs is 2. The minimum Gasteiger partial charge on any atom is -0.492 e. The van der Waals surface area contributed by atoms with Crippen LogP contribution in [0.2, 0.25) is 0 Å². The summed E-state index contributed by atoms with van der Waals surface area (Å²) in [6, 6.07) is 6.90. The van der Waals surface area contributed by atoms with Crippen LogP contribution in [0.3, 0.4) is 0 Å². The molecule has 1 saturated carbocycles. The molecule has 4 rings (SSSR count). The summed E-state index contributed by atoms with van der Waals surface area (Å²) >= 11 is 0. The number of carbonyl (C=O) groups excluding carboxylic acids is 1. The predicted octanol–water partition coefficient (Wildman–Crippen LogP) is 2.98. The number of amides is 2. The lowest BCUT2D eigenvalue weighted by atomic mass is 9.81. The normalized spacial score (nSPS) is 27.2. The highest BCUT2D eigenvalue weighted by molar-refractivity contribution is 5.75. The number of carbonyl (C=O) groups is 1. The Balaban J connectivity index is 1.49. The Morgan fingerprint density at radius 3 is 3.00 bits per heavy atom. The maximum absolute atomic E-state index is 12.5. The van der Waals surface area contributed by atoms with Gasteiger partial charge in [-0.25, -0.2) is 4.79 Å². The van der Waals surface area contributed by atoms with Crippen LogP contribution in [0.25, 0.3) is 0 Å². The summed E-state index contributed by atoms with van der Waals surface area (Å²) in [4.78, 5) is 14.5. The molecule has 1 aromatic rings. The quantitative estimate of drug-likeness (QED) is 0.866. The van der Waals surface area contributed by atoms with Crippen LogP contribution in [0.15, 0.2) is 18.2 Å². The highest BCUT2D eigenvalue weighted by atomic mass is 16.5. The molecule has 0 bridgehead atoms. The first kappa shape index (κ1) is 13.9. The number of hydrogen-bond donors (Lipinski definition) is 1. The maximum atomic E-state index is 12.5. The van der Waals surface area contributed by atoms with Crippen LogP contribution in [0, 0.1) is 6.92 Å². The Labute approximate surface area is 131 Å². The zero-order chi connectivity index (χ0) is 15.2. The smallest absolute Gasteiger partial charge is 0.317 e. The minimum absolute atomic E-state index is 0.00830. The molecule has 4 heteroatoms. The molecule has 1 saturated heterocycles. The van der Waals surface area contributed by atoms with Crippen LogP contribution in [-0.4, -0.2) is 36.7 Å². The fraction of sp³-hybridized carbons (Fsp3) is 0.611. The molecule has 2 fully saturated rings. The summed E-state index contributed by atoms with van der Waals surface area (Å²) in [5.74, 6) is 1.00. The lowest BCUT2D eigenvalue weighted by molar-refractivity contribution is 0.198. The number of ether oxygens (including phenoxy) is 1. The van der Waals surface area contributed by atoms with Gasteiger partial charge in [0, 0.05) is 24.7 Å². The number of nitrogens with one attached hydrogen (secondary N) is 1. The van der Waals surface area contributed by atoms with Gasteiger partial charge >= 0.3 is 6.03 Å². The first-order valence-corrected chi connectivity index (χ1v) is 8.46. The lowest BCUT2D eigenvalue weighted by Crippen LogP contribution is -2.44. The molecule has 0 aromatic heterocycles. The second-order valence-electron chi connectivity index (χ2n) is 7.17. The summed E-state index contributed by atoms with van der Waals surface area (Å²) in [6.45, 7) is 4.43. The molecule has 4 nitrogen and oxygen atoms in total. The minimum atomic E-state index is 0.00830. The summed E-state index contributed by atoms with van der Waals surface area (Å²) in [7, 11) is 0. The molecule has 2 aliphatic heterocycles. The van der Waals surface area contributed by atoms with Crippen molar-refractivity contribution >= 4 is 6.03 Å². The topological polar surface area (TPSA) is 41.6 Å². The van der Waals surface area contributed by atoms with Crippen molar-refractivity contribution in [2.24, 2.45) is 0 Å². The van der Waals surface area contributed by atoms with Crippen molar-refractivity contribution in [3.05, 3.63) is 29.3 Å². The van der Waals surface area contributed by atoms with Crippen LogP contribution in [0.4, 0.5) is 4.79 Å². The molecule has 1 aromatic carbocycles. The first-order valence-electron chi connectivity index (χ1n) is 8.46. The van der Waals surface area contributed by atoms with E-state index in [1.807, 2.05) is 4.90 Å². The number of hydrogen-bond acceptors (Lipinski definition) is 2. The van der Waals surface area contributed by atoms with Crippen LogP contribution in [0.1, 0.15) is 43.2 Å². The molecule has 1 N–H and O–H groups in total. The number of rotatable bonds is 1. The molecule has 118 valence electrons. The van der Waals surface area contributed by atoms with Gasteiger partial charge in [-0.05, 0) is 32.3 Å². The van der Waals surface area contributed by atoms with E-state index in [1.54, 1.807) is 0 Å². The van der Waals surface area contributed by atoms with Gasteiger partial charge in [-0.2, -0.15) is 0 Å². The van der Waals surface area contributed by atoms with Gasteiger partial charge in [0.25, 0.3) is 0 Å². The average Bonchev–Trinajstić information content (AvgIpc) is 3.22. The zero-order valence-corrected chi connectivity index (χ0v) is 13.2. The van der Waals surface area contributed by atoms with E-state index in [0.717, 1.165) is 38.1 Å². The molecule has 0 radical (unpaired) electrons. The maximum Gasteiger partial charge on any atom is 0.317 e. The van der Waals surface area contributed by atoms with E-state index in [0.29, 0.717) is 12.6 Å². The van der Waals surface area contributed by atoms with Gasteiger partial charge in [0.2, 0.25) is 0 Å². The van der Waals surface area contributed by atoms with Gasteiger partial charge in [-0.3, -0.25) is 0 Å². The summed E-state index contributed by atoms with van der Waals surface area (Å²) in [6.07, 6.45) is 5.76. The van der Waals surface area contributed by atoms with Crippen LogP contribution in [0.5, 0.6) is 5.75 Å². The van der Waals surface area contributed by atoms with Crippen molar-refractivity contribution in [2.75, 3.05) is 19.7 Å². The third kappa shape index (κ3) is 2.25. The fourth-order valence-corrected chi connectivity index (χ4v) is 4.20. The van der Waals surface area contributed by atoms with E-state index in [2.05, 4.69) is 30.4 Å². The molecule has 22 heavy (non-hydrogen) atoms. The zero-order valence-electron chi connectivity index (χ0n) is 13.2. The summed E-state index contributed by atoms with van der Waals surface area (Å²) in [5.41, 5.74) is 2.56. The third-order valence-corrected chi connectivity index (χ3v) is 5.53. The van der Waals surface area contributed by atoms with E-state index < -0.39 is 0 Å². The van der Waals surface area contributed by atoms with Crippen molar-refractivity contribution in [2.45, 2.75) is 50.5 Å². The van der Waals surface area contributed by atoms with Gasteiger partial charge in [-0.15, -0.1) is 0 Å². The summed E-state index contributed by atoms with van der Waals surface area (Å²) in [5, 5.41) is 3.21. The molecule has 3 aliphatic rings. The van der Waals surface area contributed by atoms with Gasteiger partial charge in [0.05, 0.1) is 12.0 Å². The molecular weight excluding hydrogens is 276 g/mol. The van der Waals surface area contributed by atoms with Crippen LogP contribution >= 0.6 is 0 Å². The van der Waals surface area contributed by atoms with Crippen molar-refractivity contribution < 1.29 is 9.53 Å². The molecular formula is C18H24N2O2. The molecule has 2 heterocycles. The predicted molar refractivity (Wildman–Crippen MR) is 85.3 cm³/mol. The lowest BCUT2D eigenvalue weighted by Gasteiger charge is -2.24. The Bertz CT molecular complexity index is 595. The van der Waals surface area contributed by atoms with E-state index in [1.165, 1.54) is 24.0 Å². The van der Waals surface area contributed by atoms with Crippen molar-refractivity contribution in [3.8, 4) is 5.75 Å². The van der Waals surface area contributed by atoms with Gasteiger partial charge < -0.3 is 15.0 Å². The molecule has 1 unspecified atom stereocenters. The largest absolute Gasteiger partial charge is 0.492 e. The monoisotopic (exact) mass is 300 g/mol. The van der Waals surface area contributed by atoms with Crippen molar-refractivity contribution in [1.29, 1.82) is 0 Å². The molecule has 1 aliphatic carbocycles. The average molecular weight is 300 g/mol. The van der Waals surface area contributed by atoms with Crippen molar-refractivity contribution in [1.82, 2.24) is 10.2 Å². The Morgan fingerprint density at radius 1 is 1.36 bits per heavy atom. The Hall–Kier alpha value is -1.71. The Kier molecular flexibility index (Phi) is 3.28. The first-order chi connectivity index (χ1) is 10.7. The second-order valence-corrected chi connectivity index (χ2v) is 7.17. The molecule has 1 spiro atoms. The molecule has 1 atom stereocenters. The van der Waals surface area contributed by atoms with Gasteiger partial charge in [-0.1, -0.05) is 30.5 Å². The van der Waals surface area contributed by atoms with Crippen LogP contribution in [-0.2, 0) is 5.41 Å². The highest BCUT2D eigenvalue weighted by Gasteiger charge is 2.47. The number of urea groups is 1. The number of aryl methyl sites for hydroxylation is 1. The van der Waals surface area contributed by atoms with Gasteiger partial charge in [0.1, 0.15) is 5.75 Å². The van der Waals surface area contributed by atoms with E-state index in [4.69, 9.17) is 4.74 Å².